The fourth-order valence-corrected chi connectivity index (χ4v) is 2.21. The van der Waals surface area contributed by atoms with E-state index >= 15 is 0 Å². The van der Waals surface area contributed by atoms with Crippen molar-refractivity contribution >= 4 is 21.7 Å². The lowest BCUT2D eigenvalue weighted by Crippen LogP contribution is -2.07. The van der Waals surface area contributed by atoms with E-state index in [0.717, 1.165) is 16.6 Å². The average Bonchev–Trinajstić information content (AvgIpc) is 2.49. The molecule has 0 spiro atoms. The monoisotopic (exact) mass is 348 g/mol. The van der Waals surface area contributed by atoms with E-state index in [1.165, 1.54) is 6.92 Å². The van der Waals surface area contributed by atoms with E-state index in [-0.39, 0.29) is 5.78 Å². The number of carbonyl (C=O) groups excluding carboxylic acids is 1. The first-order valence-electron chi connectivity index (χ1n) is 6.78. The third kappa shape index (κ3) is 4.90. The van der Waals surface area contributed by atoms with Crippen molar-refractivity contribution in [2.45, 2.75) is 13.3 Å². The van der Waals surface area contributed by atoms with Gasteiger partial charge in [0.15, 0.2) is 5.78 Å². The van der Waals surface area contributed by atoms with Crippen LogP contribution in [0.25, 0.3) is 0 Å². The first kappa shape index (κ1) is 15.6. The van der Waals surface area contributed by atoms with Crippen molar-refractivity contribution in [3.63, 3.8) is 0 Å². The largest absolute Gasteiger partial charge is 0.493 e. The molecule has 2 aromatic carbocycles. The summed E-state index contributed by atoms with van der Waals surface area (Å²) >= 11 is 3.36. The molecular formula is C17H17BrO3. The van der Waals surface area contributed by atoms with E-state index in [1.54, 1.807) is 12.1 Å². The van der Waals surface area contributed by atoms with Gasteiger partial charge in [-0.2, -0.15) is 0 Å². The maximum Gasteiger partial charge on any atom is 0.163 e. The van der Waals surface area contributed by atoms with Gasteiger partial charge in [-0.15, -0.1) is 0 Å². The molecule has 21 heavy (non-hydrogen) atoms. The van der Waals surface area contributed by atoms with E-state index in [9.17, 15) is 4.79 Å². The van der Waals surface area contributed by atoms with Crippen LogP contribution in [0.1, 0.15) is 23.7 Å². The number of Topliss-reactive ketones (excluding diaryl/α,β-unsaturated/α-hetero) is 1. The zero-order chi connectivity index (χ0) is 15.1. The van der Waals surface area contributed by atoms with Gasteiger partial charge in [-0.05, 0) is 37.3 Å². The molecule has 0 aromatic heterocycles. The Morgan fingerprint density at radius 2 is 1.76 bits per heavy atom. The number of carbonyl (C=O) groups is 1. The van der Waals surface area contributed by atoms with Crippen molar-refractivity contribution in [1.82, 2.24) is 0 Å². The summed E-state index contributed by atoms with van der Waals surface area (Å²) in [6.45, 7) is 2.62. The number of rotatable bonds is 7. The molecule has 0 saturated carbocycles. The minimum absolute atomic E-state index is 0.00756. The molecule has 0 N–H and O–H groups in total. The third-order valence-electron chi connectivity index (χ3n) is 2.88. The van der Waals surface area contributed by atoms with Crippen LogP contribution in [0, 0.1) is 0 Å². The molecule has 0 aliphatic rings. The maximum absolute atomic E-state index is 11.6. The summed E-state index contributed by atoms with van der Waals surface area (Å²) in [5.74, 6) is 1.46. The van der Waals surface area contributed by atoms with Crippen molar-refractivity contribution in [3.8, 4) is 11.5 Å². The highest BCUT2D eigenvalue weighted by Crippen LogP contribution is 2.23. The molecular weight excluding hydrogens is 332 g/mol. The molecule has 3 nitrogen and oxygen atoms in total. The summed E-state index contributed by atoms with van der Waals surface area (Å²) in [5, 5.41) is 0. The van der Waals surface area contributed by atoms with E-state index in [4.69, 9.17) is 9.47 Å². The second-order valence-corrected chi connectivity index (χ2v) is 5.48. The van der Waals surface area contributed by atoms with Gasteiger partial charge in [0.05, 0.1) is 18.8 Å². The SMILES string of the molecule is CC(=O)c1cc(Br)ccc1OCCCOc1ccccc1. The summed E-state index contributed by atoms with van der Waals surface area (Å²) in [4.78, 5) is 11.6. The van der Waals surface area contributed by atoms with Gasteiger partial charge < -0.3 is 9.47 Å². The molecule has 110 valence electrons. The van der Waals surface area contributed by atoms with E-state index in [0.29, 0.717) is 24.5 Å². The Hall–Kier alpha value is -1.81. The van der Waals surface area contributed by atoms with Gasteiger partial charge in [-0.1, -0.05) is 34.1 Å². The maximum atomic E-state index is 11.6. The van der Waals surface area contributed by atoms with Gasteiger partial charge in [-0.25, -0.2) is 0 Å². The number of para-hydroxylation sites is 1. The van der Waals surface area contributed by atoms with Crippen LogP contribution in [0.15, 0.2) is 53.0 Å². The predicted molar refractivity (Wildman–Crippen MR) is 86.2 cm³/mol. The highest BCUT2D eigenvalue weighted by Gasteiger charge is 2.09. The van der Waals surface area contributed by atoms with Crippen molar-refractivity contribution in [3.05, 3.63) is 58.6 Å². The lowest BCUT2D eigenvalue weighted by Gasteiger charge is -2.11. The molecule has 0 heterocycles. The Kier molecular flexibility index (Phi) is 5.81. The smallest absolute Gasteiger partial charge is 0.163 e. The van der Waals surface area contributed by atoms with Crippen LogP contribution in [-0.4, -0.2) is 19.0 Å². The number of hydrogen-bond acceptors (Lipinski definition) is 3. The van der Waals surface area contributed by atoms with Crippen molar-refractivity contribution in [2.24, 2.45) is 0 Å². The Morgan fingerprint density at radius 3 is 2.48 bits per heavy atom. The fraction of sp³-hybridized carbons (Fsp3) is 0.235. The Bertz CT molecular complexity index is 596. The van der Waals surface area contributed by atoms with Gasteiger partial charge in [0.25, 0.3) is 0 Å². The normalized spacial score (nSPS) is 10.2. The Morgan fingerprint density at radius 1 is 1.05 bits per heavy atom. The molecule has 4 heteroatoms. The second-order valence-electron chi connectivity index (χ2n) is 4.56. The molecule has 0 fully saturated rings. The molecule has 0 bridgehead atoms. The van der Waals surface area contributed by atoms with E-state index in [2.05, 4.69) is 15.9 Å². The zero-order valence-electron chi connectivity index (χ0n) is 11.8. The van der Waals surface area contributed by atoms with Gasteiger partial charge in [0, 0.05) is 10.9 Å². The Labute approximate surface area is 133 Å². The van der Waals surface area contributed by atoms with Crippen LogP contribution < -0.4 is 9.47 Å². The first-order chi connectivity index (χ1) is 10.2. The summed E-state index contributed by atoms with van der Waals surface area (Å²) in [6, 6.07) is 15.1. The molecule has 0 radical (unpaired) electrons. The standard InChI is InChI=1S/C17H17BrO3/c1-13(19)16-12-14(18)8-9-17(16)21-11-5-10-20-15-6-3-2-4-7-15/h2-4,6-9,12H,5,10-11H2,1H3. The predicted octanol–water partition coefficient (Wildman–Crippen LogP) is 4.50. The molecule has 0 amide bonds. The summed E-state index contributed by atoms with van der Waals surface area (Å²) in [7, 11) is 0. The third-order valence-corrected chi connectivity index (χ3v) is 3.37. The summed E-state index contributed by atoms with van der Waals surface area (Å²) < 4.78 is 12.1. The van der Waals surface area contributed by atoms with Crippen LogP contribution in [-0.2, 0) is 0 Å². The van der Waals surface area contributed by atoms with Crippen molar-refractivity contribution in [2.75, 3.05) is 13.2 Å². The average molecular weight is 349 g/mol. The van der Waals surface area contributed by atoms with Crippen LogP contribution >= 0.6 is 15.9 Å². The summed E-state index contributed by atoms with van der Waals surface area (Å²) in [5.41, 5.74) is 0.591. The van der Waals surface area contributed by atoms with Crippen molar-refractivity contribution < 1.29 is 14.3 Å². The van der Waals surface area contributed by atoms with Gasteiger partial charge in [-0.3, -0.25) is 4.79 Å². The number of benzene rings is 2. The molecule has 0 saturated heterocycles. The molecule has 0 unspecified atom stereocenters. The number of ether oxygens (including phenoxy) is 2. The minimum Gasteiger partial charge on any atom is -0.493 e. The van der Waals surface area contributed by atoms with E-state index < -0.39 is 0 Å². The molecule has 0 atom stereocenters. The van der Waals surface area contributed by atoms with Gasteiger partial charge in [0.2, 0.25) is 0 Å². The van der Waals surface area contributed by atoms with Crippen LogP contribution in [0.4, 0.5) is 0 Å². The van der Waals surface area contributed by atoms with Gasteiger partial charge >= 0.3 is 0 Å². The van der Waals surface area contributed by atoms with E-state index in [1.807, 2.05) is 36.4 Å². The highest BCUT2D eigenvalue weighted by atomic mass is 79.9. The van der Waals surface area contributed by atoms with Crippen molar-refractivity contribution in [1.29, 1.82) is 0 Å². The molecule has 2 rings (SSSR count). The lowest BCUT2D eigenvalue weighted by atomic mass is 10.1. The lowest BCUT2D eigenvalue weighted by molar-refractivity contribution is 0.101. The first-order valence-corrected chi connectivity index (χ1v) is 7.57. The van der Waals surface area contributed by atoms with Crippen LogP contribution in [0.2, 0.25) is 0 Å². The Balaban J connectivity index is 1.80. The number of hydrogen-bond donors (Lipinski definition) is 0. The molecule has 2 aromatic rings. The fourth-order valence-electron chi connectivity index (χ4n) is 1.85. The summed E-state index contributed by atoms with van der Waals surface area (Å²) in [6.07, 6.45) is 0.752. The number of halogens is 1. The highest BCUT2D eigenvalue weighted by molar-refractivity contribution is 9.10. The van der Waals surface area contributed by atoms with Gasteiger partial charge in [0.1, 0.15) is 11.5 Å². The molecule has 0 aliphatic heterocycles. The topological polar surface area (TPSA) is 35.5 Å². The second kappa shape index (κ2) is 7.84. The minimum atomic E-state index is -0.00756. The van der Waals surface area contributed by atoms with Crippen LogP contribution in [0.5, 0.6) is 11.5 Å². The van der Waals surface area contributed by atoms with Crippen LogP contribution in [0.3, 0.4) is 0 Å². The molecule has 0 aliphatic carbocycles. The quantitative estimate of drug-likeness (QED) is 0.545. The number of ketones is 1. The zero-order valence-corrected chi connectivity index (χ0v) is 13.4.